The number of rotatable bonds is 2. The van der Waals surface area contributed by atoms with Crippen LogP contribution in [0.2, 0.25) is 0 Å². The summed E-state index contributed by atoms with van der Waals surface area (Å²) < 4.78 is 0.812. The molecule has 0 atom stereocenters. The van der Waals surface area contributed by atoms with Crippen LogP contribution in [0.5, 0.6) is 5.75 Å². The fourth-order valence-corrected chi connectivity index (χ4v) is 5.13. The van der Waals surface area contributed by atoms with Crippen molar-refractivity contribution in [2.24, 2.45) is 0 Å². The van der Waals surface area contributed by atoms with Gasteiger partial charge in [-0.3, -0.25) is 9.59 Å². The fraction of sp³-hybridized carbons (Fsp3) is 0.263. The van der Waals surface area contributed by atoms with E-state index >= 15 is 0 Å². The number of aromatic amines is 1. The third kappa shape index (κ3) is 3.05. The predicted molar refractivity (Wildman–Crippen MR) is 107 cm³/mol. The summed E-state index contributed by atoms with van der Waals surface area (Å²) in [5.41, 5.74) is 0.821. The number of nitrogens with one attached hydrogen (secondary N) is 2. The van der Waals surface area contributed by atoms with E-state index in [9.17, 15) is 14.7 Å². The first-order valence-electron chi connectivity index (χ1n) is 8.51. The van der Waals surface area contributed by atoms with E-state index < -0.39 is 11.5 Å². The Morgan fingerprint density at radius 3 is 2.85 bits per heavy atom. The first-order chi connectivity index (χ1) is 12.5. The van der Waals surface area contributed by atoms with Gasteiger partial charge >= 0.3 is 0 Å². The number of benzene rings is 1. The maximum absolute atomic E-state index is 12.7. The summed E-state index contributed by atoms with van der Waals surface area (Å²) in [6.45, 7) is 0. The van der Waals surface area contributed by atoms with Gasteiger partial charge in [0.05, 0.1) is 5.39 Å². The van der Waals surface area contributed by atoms with Crippen LogP contribution in [0.1, 0.15) is 40.1 Å². The first-order valence-corrected chi connectivity index (χ1v) is 10.1. The molecule has 0 fully saturated rings. The Balaban J connectivity index is 1.81. The number of carbonyl (C=O) groups is 1. The summed E-state index contributed by atoms with van der Waals surface area (Å²) in [6.07, 6.45) is 5.14. The van der Waals surface area contributed by atoms with Crippen LogP contribution in [0, 0.1) is 0 Å². The number of halogens is 1. The van der Waals surface area contributed by atoms with Crippen molar-refractivity contribution in [1.82, 2.24) is 4.98 Å². The quantitative estimate of drug-likeness (QED) is 0.518. The average Bonchev–Trinajstić information content (AvgIpc) is 2.76. The van der Waals surface area contributed by atoms with E-state index in [-0.39, 0.29) is 11.3 Å². The lowest BCUT2D eigenvalue weighted by Crippen LogP contribution is -2.23. The molecule has 0 unspecified atom stereocenters. The van der Waals surface area contributed by atoms with Gasteiger partial charge in [0.25, 0.3) is 11.5 Å². The van der Waals surface area contributed by atoms with Crippen molar-refractivity contribution in [2.45, 2.75) is 32.1 Å². The molecule has 0 spiro atoms. The Hall–Kier alpha value is -2.12. The molecule has 134 valence electrons. The summed E-state index contributed by atoms with van der Waals surface area (Å²) in [4.78, 5) is 29.8. The number of pyridine rings is 1. The molecule has 0 radical (unpaired) electrons. The lowest BCUT2D eigenvalue weighted by Gasteiger charge is -2.08. The second kappa shape index (κ2) is 6.89. The zero-order valence-electron chi connectivity index (χ0n) is 13.9. The lowest BCUT2D eigenvalue weighted by atomic mass is 10.0. The van der Waals surface area contributed by atoms with Crippen LogP contribution in [-0.4, -0.2) is 16.0 Å². The second-order valence-electron chi connectivity index (χ2n) is 6.41. The van der Waals surface area contributed by atoms with Crippen molar-refractivity contribution < 1.29 is 9.90 Å². The van der Waals surface area contributed by atoms with Crippen LogP contribution < -0.4 is 10.9 Å². The maximum atomic E-state index is 12.7. The Morgan fingerprint density at radius 2 is 2.04 bits per heavy atom. The summed E-state index contributed by atoms with van der Waals surface area (Å²) >= 11 is 4.86. The summed E-state index contributed by atoms with van der Waals surface area (Å²) in [6, 6.07) is 7.08. The van der Waals surface area contributed by atoms with Gasteiger partial charge in [-0.25, -0.2) is 0 Å². The third-order valence-electron chi connectivity index (χ3n) is 4.66. The molecule has 1 aliphatic rings. The summed E-state index contributed by atoms with van der Waals surface area (Å²) in [5, 5.41) is 14.1. The molecule has 0 saturated carbocycles. The number of anilines is 1. The van der Waals surface area contributed by atoms with Gasteiger partial charge in [0.1, 0.15) is 16.1 Å². The Bertz CT molecular complexity index is 1070. The number of thiophene rings is 1. The van der Waals surface area contributed by atoms with E-state index in [0.29, 0.717) is 15.9 Å². The molecule has 0 bridgehead atoms. The lowest BCUT2D eigenvalue weighted by molar-refractivity contribution is 0.102. The molecule has 0 saturated heterocycles. The molecular weight excluding hydrogens is 416 g/mol. The number of amides is 1. The summed E-state index contributed by atoms with van der Waals surface area (Å²) in [5.74, 6) is -0.826. The molecule has 1 amide bonds. The minimum Gasteiger partial charge on any atom is -0.506 e. The highest BCUT2D eigenvalue weighted by Crippen LogP contribution is 2.39. The third-order valence-corrected chi connectivity index (χ3v) is 6.36. The Kier molecular flexibility index (Phi) is 4.58. The largest absolute Gasteiger partial charge is 0.506 e. The Labute approximate surface area is 162 Å². The number of hydrogen-bond acceptors (Lipinski definition) is 4. The van der Waals surface area contributed by atoms with Gasteiger partial charge in [-0.05, 0) is 49.4 Å². The molecule has 1 aliphatic carbocycles. The predicted octanol–water partition coefficient (Wildman–Crippen LogP) is 4.58. The molecule has 5 nitrogen and oxygen atoms in total. The fourth-order valence-electron chi connectivity index (χ4n) is 3.45. The molecular formula is C19H17BrN2O3S. The SMILES string of the molecule is O=C(Nc1cccc(Br)c1)c1c(O)c2c3c(sc2[nH]c1=O)CCCCC3. The minimum absolute atomic E-state index is 0.212. The van der Waals surface area contributed by atoms with Crippen LogP contribution >= 0.6 is 27.3 Å². The number of aromatic nitrogens is 1. The number of aromatic hydroxyl groups is 1. The van der Waals surface area contributed by atoms with Crippen LogP contribution in [0.15, 0.2) is 33.5 Å². The van der Waals surface area contributed by atoms with Crippen molar-refractivity contribution in [1.29, 1.82) is 0 Å². The van der Waals surface area contributed by atoms with E-state index in [0.717, 1.165) is 42.1 Å². The van der Waals surface area contributed by atoms with E-state index in [1.807, 2.05) is 6.07 Å². The van der Waals surface area contributed by atoms with Crippen LogP contribution in [0.25, 0.3) is 10.2 Å². The van der Waals surface area contributed by atoms with Crippen molar-refractivity contribution in [2.75, 3.05) is 5.32 Å². The van der Waals surface area contributed by atoms with Crippen molar-refractivity contribution in [3.05, 3.63) is 55.1 Å². The van der Waals surface area contributed by atoms with Gasteiger partial charge in [0.2, 0.25) is 0 Å². The zero-order chi connectivity index (χ0) is 18.3. The van der Waals surface area contributed by atoms with E-state index in [1.54, 1.807) is 18.2 Å². The number of H-pyrrole nitrogens is 1. The number of aryl methyl sites for hydroxylation is 2. The highest BCUT2D eigenvalue weighted by molar-refractivity contribution is 9.10. The average molecular weight is 433 g/mol. The number of fused-ring (bicyclic) bond motifs is 3. The highest BCUT2D eigenvalue weighted by Gasteiger charge is 2.25. The van der Waals surface area contributed by atoms with Crippen molar-refractivity contribution in [3.8, 4) is 5.75 Å². The van der Waals surface area contributed by atoms with Gasteiger partial charge < -0.3 is 15.4 Å². The molecule has 0 aliphatic heterocycles. The van der Waals surface area contributed by atoms with Crippen LogP contribution in [0.3, 0.4) is 0 Å². The normalized spacial score (nSPS) is 14.0. The highest BCUT2D eigenvalue weighted by atomic mass is 79.9. The minimum atomic E-state index is -0.614. The van der Waals surface area contributed by atoms with Gasteiger partial charge in [0, 0.05) is 15.0 Å². The monoisotopic (exact) mass is 432 g/mol. The van der Waals surface area contributed by atoms with Gasteiger partial charge in [0.15, 0.2) is 0 Å². The number of carbonyl (C=O) groups excluding carboxylic acids is 1. The molecule has 2 aromatic heterocycles. The van der Waals surface area contributed by atoms with Crippen LogP contribution in [-0.2, 0) is 12.8 Å². The molecule has 2 heterocycles. The van der Waals surface area contributed by atoms with Gasteiger partial charge in [-0.15, -0.1) is 11.3 Å². The smallest absolute Gasteiger partial charge is 0.265 e. The zero-order valence-corrected chi connectivity index (χ0v) is 16.3. The molecule has 3 N–H and O–H groups in total. The van der Waals surface area contributed by atoms with E-state index in [2.05, 4.69) is 26.2 Å². The van der Waals surface area contributed by atoms with E-state index in [4.69, 9.17) is 0 Å². The second-order valence-corrected chi connectivity index (χ2v) is 8.43. The maximum Gasteiger partial charge on any atom is 0.265 e. The molecule has 7 heteroatoms. The topological polar surface area (TPSA) is 82.2 Å². The molecule has 1 aromatic carbocycles. The Morgan fingerprint density at radius 1 is 1.23 bits per heavy atom. The van der Waals surface area contributed by atoms with Gasteiger partial charge in [-0.1, -0.05) is 28.4 Å². The van der Waals surface area contributed by atoms with Crippen LogP contribution in [0.4, 0.5) is 5.69 Å². The molecule has 3 aromatic rings. The molecule has 26 heavy (non-hydrogen) atoms. The first kappa shape index (κ1) is 17.3. The standard InChI is InChI=1S/C19H17BrN2O3S/c20-10-5-4-6-11(9-10)21-17(24)15-16(23)14-12-7-2-1-3-8-13(12)26-19(14)22-18(15)25/h4-6,9H,1-3,7-8H2,(H,21,24)(H2,22,23,25). The molecule has 4 rings (SSSR count). The van der Waals surface area contributed by atoms with Gasteiger partial charge in [-0.2, -0.15) is 0 Å². The summed E-state index contributed by atoms with van der Waals surface area (Å²) in [7, 11) is 0. The van der Waals surface area contributed by atoms with E-state index in [1.165, 1.54) is 16.2 Å². The van der Waals surface area contributed by atoms with Crippen molar-refractivity contribution >= 4 is 49.1 Å². The van der Waals surface area contributed by atoms with Crippen molar-refractivity contribution in [3.63, 3.8) is 0 Å². The number of hydrogen-bond donors (Lipinski definition) is 3.